The van der Waals surface area contributed by atoms with Crippen molar-refractivity contribution in [1.82, 2.24) is 0 Å². The quantitative estimate of drug-likeness (QED) is 0.223. The second-order valence-electron chi connectivity index (χ2n) is 8.67. The van der Waals surface area contributed by atoms with Crippen LogP contribution in [0.15, 0.2) is 12.1 Å². The average molecular weight is 430 g/mol. The minimum atomic E-state index is -1.66. The minimum absolute atomic E-state index is 0.0342. The predicted molar refractivity (Wildman–Crippen MR) is 119 cm³/mol. The molecule has 2 rings (SSSR count). The van der Waals surface area contributed by atoms with Gasteiger partial charge in [0.1, 0.15) is 18.3 Å². The summed E-state index contributed by atoms with van der Waals surface area (Å²) in [5.74, 6) is 0.833. The summed E-state index contributed by atoms with van der Waals surface area (Å²) >= 11 is 4.52. The first-order valence-corrected chi connectivity index (χ1v) is 10.4. The van der Waals surface area contributed by atoms with Crippen molar-refractivity contribution >= 4 is 29.7 Å². The molecule has 0 bridgehead atoms. The fraction of sp³-hybridized carbons (Fsp3) is 0.700. The molecule has 0 amide bonds. The Bertz CT molecular complexity index is 703. The Morgan fingerprint density at radius 2 is 1.76 bits per heavy atom. The maximum atomic E-state index is 10.6. The number of β-amino-alcohol motifs (C(OH)–C–C–N with tert-alkyl or cyclic N) is 1. The number of hydrogen-bond donors (Lipinski definition) is 7. The first-order chi connectivity index (χ1) is 13.4. The number of aliphatic hydroxyl groups excluding tert-OH is 5. The van der Waals surface area contributed by atoms with Crippen LogP contribution < -0.4 is 15.5 Å². The summed E-state index contributed by atoms with van der Waals surface area (Å²) in [6.45, 7) is 3.43. The molecular weight excluding hydrogens is 394 g/mol. The van der Waals surface area contributed by atoms with E-state index < -0.39 is 31.0 Å². The van der Waals surface area contributed by atoms with Crippen LogP contribution in [0.25, 0.3) is 0 Å². The van der Waals surface area contributed by atoms with Crippen LogP contribution in [-0.2, 0) is 0 Å². The number of fused-ring (bicyclic) bond motifs is 1. The number of rotatable bonds is 8. The first kappa shape index (κ1) is 24.0. The molecule has 1 heterocycles. The standard InChI is InChI=1S/C20H35N3O5S/c1-20(2)7-11(10-29)12-5-13(21)15(22(3)4)6-14(12)23(20)8-16(25)18(27)19(28)17(26)9-24/h5-6,11,16-19,24-29H,7-10,21H2,1-4H3. The number of benzene rings is 1. The Balaban J connectivity index is 2.44. The SMILES string of the molecule is CN(C)c1cc2c(cc1N)C(CS)CC(C)(C)N2CC(O)C(O)C(O)C(O)CO. The molecule has 0 aliphatic carbocycles. The fourth-order valence-electron chi connectivity index (χ4n) is 4.08. The summed E-state index contributed by atoms with van der Waals surface area (Å²) in [6.07, 6.45) is -5.37. The monoisotopic (exact) mass is 429 g/mol. The molecule has 1 aliphatic rings. The lowest BCUT2D eigenvalue weighted by atomic mass is 9.79. The van der Waals surface area contributed by atoms with E-state index in [4.69, 9.17) is 10.8 Å². The molecule has 0 spiro atoms. The largest absolute Gasteiger partial charge is 0.397 e. The van der Waals surface area contributed by atoms with Gasteiger partial charge in [-0.2, -0.15) is 12.6 Å². The van der Waals surface area contributed by atoms with Crippen LogP contribution in [0.5, 0.6) is 0 Å². The van der Waals surface area contributed by atoms with Gasteiger partial charge in [0.2, 0.25) is 0 Å². The van der Waals surface area contributed by atoms with E-state index in [2.05, 4.69) is 26.5 Å². The van der Waals surface area contributed by atoms with Gasteiger partial charge in [-0.1, -0.05) is 0 Å². The van der Waals surface area contributed by atoms with E-state index >= 15 is 0 Å². The third-order valence-corrected chi connectivity index (χ3v) is 6.22. The lowest BCUT2D eigenvalue weighted by molar-refractivity contribution is -0.113. The van der Waals surface area contributed by atoms with Gasteiger partial charge in [-0.3, -0.25) is 0 Å². The Morgan fingerprint density at radius 3 is 2.28 bits per heavy atom. The number of aliphatic hydroxyl groups is 5. The molecule has 5 atom stereocenters. The fourth-order valence-corrected chi connectivity index (χ4v) is 4.40. The molecule has 166 valence electrons. The molecule has 0 aromatic heterocycles. The average Bonchev–Trinajstić information content (AvgIpc) is 2.67. The van der Waals surface area contributed by atoms with Gasteiger partial charge in [-0.05, 0) is 49.6 Å². The highest BCUT2D eigenvalue weighted by Crippen LogP contribution is 2.47. The molecule has 1 aliphatic heterocycles. The van der Waals surface area contributed by atoms with E-state index in [0.29, 0.717) is 11.4 Å². The number of nitrogens with zero attached hydrogens (tertiary/aromatic N) is 2. The van der Waals surface area contributed by atoms with E-state index in [1.807, 2.05) is 36.0 Å². The van der Waals surface area contributed by atoms with Crippen LogP contribution in [0.2, 0.25) is 0 Å². The topological polar surface area (TPSA) is 134 Å². The lowest BCUT2D eigenvalue weighted by Gasteiger charge is -2.49. The molecule has 0 saturated carbocycles. The summed E-state index contributed by atoms with van der Waals surface area (Å²) in [5, 5.41) is 49.5. The lowest BCUT2D eigenvalue weighted by Crippen LogP contribution is -2.56. The summed E-state index contributed by atoms with van der Waals surface area (Å²) in [5.41, 5.74) is 9.31. The maximum Gasteiger partial charge on any atom is 0.111 e. The molecular formula is C20H35N3O5S. The Hall–Kier alpha value is -1.23. The molecule has 7 N–H and O–H groups in total. The summed E-state index contributed by atoms with van der Waals surface area (Å²) in [7, 11) is 3.80. The van der Waals surface area contributed by atoms with Gasteiger partial charge in [0.05, 0.1) is 24.1 Å². The zero-order valence-electron chi connectivity index (χ0n) is 17.5. The van der Waals surface area contributed by atoms with E-state index in [-0.39, 0.29) is 18.0 Å². The molecule has 0 radical (unpaired) electrons. The zero-order chi connectivity index (χ0) is 22.1. The second kappa shape index (κ2) is 9.28. The van der Waals surface area contributed by atoms with E-state index in [1.54, 1.807) is 0 Å². The summed E-state index contributed by atoms with van der Waals surface area (Å²) < 4.78 is 0. The normalized spacial score (nSPS) is 22.6. The van der Waals surface area contributed by atoms with Crippen LogP contribution in [-0.4, -0.2) is 88.5 Å². The molecule has 0 fully saturated rings. The number of nitrogen functional groups attached to an aromatic ring is 1. The molecule has 5 unspecified atom stereocenters. The highest BCUT2D eigenvalue weighted by atomic mass is 32.1. The van der Waals surface area contributed by atoms with Crippen molar-refractivity contribution in [3.63, 3.8) is 0 Å². The van der Waals surface area contributed by atoms with Crippen LogP contribution in [0.1, 0.15) is 31.7 Å². The van der Waals surface area contributed by atoms with Gasteiger partial charge in [0.15, 0.2) is 0 Å². The third kappa shape index (κ3) is 4.92. The Kier molecular flexibility index (Phi) is 7.69. The van der Waals surface area contributed by atoms with Crippen LogP contribution in [0, 0.1) is 0 Å². The molecule has 0 saturated heterocycles. The van der Waals surface area contributed by atoms with Crippen molar-refractivity contribution in [3.05, 3.63) is 17.7 Å². The Morgan fingerprint density at radius 1 is 1.17 bits per heavy atom. The van der Waals surface area contributed by atoms with E-state index in [0.717, 1.165) is 23.4 Å². The van der Waals surface area contributed by atoms with Gasteiger partial charge in [0, 0.05) is 31.9 Å². The molecule has 9 heteroatoms. The van der Waals surface area contributed by atoms with Crippen molar-refractivity contribution in [1.29, 1.82) is 0 Å². The highest BCUT2D eigenvalue weighted by Gasteiger charge is 2.41. The number of thiol groups is 1. The van der Waals surface area contributed by atoms with Gasteiger partial charge in [-0.25, -0.2) is 0 Å². The summed E-state index contributed by atoms with van der Waals surface area (Å²) in [4.78, 5) is 3.92. The molecule has 1 aromatic carbocycles. The van der Waals surface area contributed by atoms with E-state index in [1.165, 1.54) is 0 Å². The number of hydrogen-bond acceptors (Lipinski definition) is 9. The van der Waals surface area contributed by atoms with Crippen molar-refractivity contribution in [3.8, 4) is 0 Å². The van der Waals surface area contributed by atoms with Crippen molar-refractivity contribution in [2.75, 3.05) is 48.5 Å². The van der Waals surface area contributed by atoms with Crippen molar-refractivity contribution in [2.45, 2.75) is 56.1 Å². The third-order valence-electron chi connectivity index (χ3n) is 5.78. The van der Waals surface area contributed by atoms with Crippen molar-refractivity contribution in [2.24, 2.45) is 0 Å². The molecule has 29 heavy (non-hydrogen) atoms. The van der Waals surface area contributed by atoms with E-state index in [9.17, 15) is 20.4 Å². The van der Waals surface area contributed by atoms with Gasteiger partial charge >= 0.3 is 0 Å². The minimum Gasteiger partial charge on any atom is -0.397 e. The second-order valence-corrected chi connectivity index (χ2v) is 9.03. The van der Waals surface area contributed by atoms with Gasteiger partial charge < -0.3 is 41.1 Å². The summed E-state index contributed by atoms with van der Waals surface area (Å²) in [6, 6.07) is 3.92. The first-order valence-electron chi connectivity index (χ1n) is 9.77. The zero-order valence-corrected chi connectivity index (χ0v) is 18.4. The smallest absolute Gasteiger partial charge is 0.111 e. The maximum absolute atomic E-state index is 10.6. The number of anilines is 3. The van der Waals surface area contributed by atoms with Crippen LogP contribution in [0.4, 0.5) is 17.1 Å². The molecule has 8 nitrogen and oxygen atoms in total. The highest BCUT2D eigenvalue weighted by molar-refractivity contribution is 7.80. The van der Waals surface area contributed by atoms with Crippen LogP contribution >= 0.6 is 12.6 Å². The molecule has 1 aromatic rings. The van der Waals surface area contributed by atoms with Crippen molar-refractivity contribution < 1.29 is 25.5 Å². The predicted octanol–water partition coefficient (Wildman–Crippen LogP) is -0.227. The van der Waals surface area contributed by atoms with Crippen LogP contribution in [0.3, 0.4) is 0 Å². The van der Waals surface area contributed by atoms with Gasteiger partial charge in [-0.15, -0.1) is 0 Å². The van der Waals surface area contributed by atoms with Gasteiger partial charge in [0.25, 0.3) is 0 Å². The number of nitrogens with two attached hydrogens (primary N) is 1. The Labute approximate surface area is 178 Å².